The molecule has 2 aromatic carbocycles. The highest BCUT2D eigenvalue weighted by Crippen LogP contribution is 2.29. The number of pyridine rings is 1. The van der Waals surface area contributed by atoms with Crippen molar-refractivity contribution in [2.24, 2.45) is 0 Å². The van der Waals surface area contributed by atoms with E-state index in [1.807, 2.05) is 19.1 Å². The summed E-state index contributed by atoms with van der Waals surface area (Å²) in [6.07, 6.45) is 3.43. The molecule has 3 rings (SSSR count). The third-order valence-electron chi connectivity index (χ3n) is 5.34. The van der Waals surface area contributed by atoms with Gasteiger partial charge in [0.2, 0.25) is 10.0 Å². The summed E-state index contributed by atoms with van der Waals surface area (Å²) in [5.41, 5.74) is 2.15. The van der Waals surface area contributed by atoms with E-state index in [2.05, 4.69) is 10.3 Å². The van der Waals surface area contributed by atoms with Crippen LogP contribution < -0.4 is 14.8 Å². The van der Waals surface area contributed by atoms with Crippen LogP contribution >= 0.6 is 0 Å². The lowest BCUT2D eigenvalue weighted by Crippen LogP contribution is -2.30. The number of rotatable bonds is 12. The van der Waals surface area contributed by atoms with E-state index in [0.29, 0.717) is 43.4 Å². The third kappa shape index (κ3) is 6.80. The van der Waals surface area contributed by atoms with Gasteiger partial charge < -0.3 is 14.8 Å². The second kappa shape index (κ2) is 12.3. The molecule has 0 fully saturated rings. The van der Waals surface area contributed by atoms with Crippen LogP contribution in [0.4, 0.5) is 0 Å². The predicted molar refractivity (Wildman–Crippen MR) is 134 cm³/mol. The Morgan fingerprint density at radius 3 is 2.31 bits per heavy atom. The monoisotopic (exact) mass is 497 g/mol. The first-order chi connectivity index (χ1) is 16.9. The number of nitrogens with zero attached hydrogens (tertiary/aromatic N) is 2. The molecule has 1 N–H and O–H groups in total. The molecule has 9 heteroatoms. The molecule has 0 aliphatic carbocycles. The summed E-state index contributed by atoms with van der Waals surface area (Å²) in [5.74, 6) is 0.747. The molecular formula is C26H31N3O5S. The van der Waals surface area contributed by atoms with Gasteiger partial charge in [0.05, 0.1) is 11.5 Å². The first-order valence-corrected chi connectivity index (χ1v) is 13.0. The number of sulfonamides is 1. The Kier molecular flexibility index (Phi) is 9.22. The number of amides is 1. The van der Waals surface area contributed by atoms with E-state index in [0.717, 1.165) is 11.1 Å². The van der Waals surface area contributed by atoms with Crippen LogP contribution in [0.25, 0.3) is 0 Å². The van der Waals surface area contributed by atoms with Crippen LogP contribution in [0.15, 0.2) is 71.9 Å². The Labute approximate surface area is 207 Å². The van der Waals surface area contributed by atoms with Crippen molar-refractivity contribution in [2.75, 3.05) is 19.7 Å². The zero-order chi connectivity index (χ0) is 25.3. The Morgan fingerprint density at radius 2 is 1.69 bits per heavy atom. The van der Waals surface area contributed by atoms with E-state index in [9.17, 15) is 13.2 Å². The van der Waals surface area contributed by atoms with Crippen LogP contribution in [-0.2, 0) is 23.2 Å². The Balaban J connectivity index is 1.64. The van der Waals surface area contributed by atoms with E-state index < -0.39 is 10.0 Å². The molecule has 0 aliphatic heterocycles. The first kappa shape index (κ1) is 26.2. The summed E-state index contributed by atoms with van der Waals surface area (Å²) in [6, 6.07) is 15.3. The van der Waals surface area contributed by atoms with Crippen molar-refractivity contribution in [1.82, 2.24) is 14.6 Å². The molecule has 0 saturated carbocycles. The van der Waals surface area contributed by atoms with Gasteiger partial charge in [-0.3, -0.25) is 9.78 Å². The standard InChI is InChI=1S/C26H31N3O5S/c1-4-29(5-2)35(31,32)23-12-9-20(10-13-23)18-28-26(30)22-11-14-24(25(16-22)33-6-3)34-19-21-8-7-15-27-17-21/h7-17H,4-6,18-19H2,1-3H3,(H,28,30). The summed E-state index contributed by atoms with van der Waals surface area (Å²) in [4.78, 5) is 17.1. The van der Waals surface area contributed by atoms with Crippen molar-refractivity contribution in [3.8, 4) is 11.5 Å². The van der Waals surface area contributed by atoms with Crippen molar-refractivity contribution >= 4 is 15.9 Å². The average Bonchev–Trinajstić information content (AvgIpc) is 2.88. The minimum atomic E-state index is -3.51. The number of benzene rings is 2. The Morgan fingerprint density at radius 1 is 0.943 bits per heavy atom. The molecule has 1 aromatic heterocycles. The lowest BCUT2D eigenvalue weighted by molar-refractivity contribution is 0.0950. The lowest BCUT2D eigenvalue weighted by Gasteiger charge is -2.18. The maximum atomic E-state index is 12.7. The second-order valence-electron chi connectivity index (χ2n) is 7.66. The number of hydrogen-bond acceptors (Lipinski definition) is 6. The van der Waals surface area contributed by atoms with E-state index in [4.69, 9.17) is 9.47 Å². The molecule has 186 valence electrons. The largest absolute Gasteiger partial charge is 0.490 e. The number of hydrogen-bond donors (Lipinski definition) is 1. The number of nitrogens with one attached hydrogen (secondary N) is 1. The summed E-state index contributed by atoms with van der Waals surface area (Å²) < 4.78 is 38.2. The maximum absolute atomic E-state index is 12.7. The normalized spacial score (nSPS) is 11.3. The molecule has 0 radical (unpaired) electrons. The van der Waals surface area contributed by atoms with E-state index in [1.54, 1.807) is 68.7 Å². The highest BCUT2D eigenvalue weighted by Gasteiger charge is 2.21. The molecule has 3 aromatic rings. The summed E-state index contributed by atoms with van der Waals surface area (Å²) in [6.45, 7) is 7.32. The molecule has 0 unspecified atom stereocenters. The Hall–Kier alpha value is -3.43. The molecule has 0 saturated heterocycles. The smallest absolute Gasteiger partial charge is 0.251 e. The van der Waals surface area contributed by atoms with Gasteiger partial charge in [0.1, 0.15) is 6.61 Å². The van der Waals surface area contributed by atoms with Gasteiger partial charge in [0.15, 0.2) is 11.5 Å². The third-order valence-corrected chi connectivity index (χ3v) is 7.41. The highest BCUT2D eigenvalue weighted by molar-refractivity contribution is 7.89. The van der Waals surface area contributed by atoms with Gasteiger partial charge in [-0.15, -0.1) is 0 Å². The molecule has 0 aliphatic rings. The quantitative estimate of drug-likeness (QED) is 0.406. The van der Waals surface area contributed by atoms with E-state index >= 15 is 0 Å². The van der Waals surface area contributed by atoms with Gasteiger partial charge in [0.25, 0.3) is 5.91 Å². The fourth-order valence-electron chi connectivity index (χ4n) is 3.46. The van der Waals surface area contributed by atoms with E-state index in [-0.39, 0.29) is 17.3 Å². The van der Waals surface area contributed by atoms with Crippen LogP contribution in [0, 0.1) is 0 Å². The molecule has 8 nitrogen and oxygen atoms in total. The van der Waals surface area contributed by atoms with Gasteiger partial charge in [-0.05, 0) is 48.9 Å². The van der Waals surface area contributed by atoms with Crippen molar-refractivity contribution in [1.29, 1.82) is 0 Å². The number of aromatic nitrogens is 1. The number of carbonyl (C=O) groups excluding carboxylic acids is 1. The first-order valence-electron chi connectivity index (χ1n) is 11.5. The molecule has 1 amide bonds. The highest BCUT2D eigenvalue weighted by atomic mass is 32.2. The van der Waals surface area contributed by atoms with Crippen molar-refractivity contribution < 1.29 is 22.7 Å². The minimum Gasteiger partial charge on any atom is -0.490 e. The molecule has 0 bridgehead atoms. The zero-order valence-electron chi connectivity index (χ0n) is 20.2. The van der Waals surface area contributed by atoms with Crippen LogP contribution in [0.1, 0.15) is 42.3 Å². The average molecular weight is 498 g/mol. The summed E-state index contributed by atoms with van der Waals surface area (Å²) in [5, 5.41) is 2.86. The topological polar surface area (TPSA) is 97.8 Å². The molecule has 35 heavy (non-hydrogen) atoms. The van der Waals surface area contributed by atoms with Gasteiger partial charge in [0, 0.05) is 43.2 Å². The van der Waals surface area contributed by atoms with E-state index in [1.165, 1.54) is 4.31 Å². The zero-order valence-corrected chi connectivity index (χ0v) is 21.0. The second-order valence-corrected chi connectivity index (χ2v) is 9.60. The van der Waals surface area contributed by atoms with Gasteiger partial charge in [-0.2, -0.15) is 4.31 Å². The van der Waals surface area contributed by atoms with Crippen LogP contribution in [-0.4, -0.2) is 43.3 Å². The number of carbonyl (C=O) groups is 1. The molecule has 0 atom stereocenters. The fourth-order valence-corrected chi connectivity index (χ4v) is 4.92. The number of ether oxygens (including phenoxy) is 2. The predicted octanol–water partition coefficient (Wildman–Crippen LogP) is 4.02. The van der Waals surface area contributed by atoms with Crippen molar-refractivity contribution in [3.05, 3.63) is 83.7 Å². The summed E-state index contributed by atoms with van der Waals surface area (Å²) in [7, 11) is -3.51. The fraction of sp³-hybridized carbons (Fsp3) is 0.308. The van der Waals surface area contributed by atoms with Crippen LogP contribution in [0.3, 0.4) is 0 Å². The summed E-state index contributed by atoms with van der Waals surface area (Å²) >= 11 is 0. The molecular weight excluding hydrogens is 466 g/mol. The lowest BCUT2D eigenvalue weighted by atomic mass is 10.1. The Bertz CT molecular complexity index is 1210. The van der Waals surface area contributed by atoms with Crippen LogP contribution in [0.2, 0.25) is 0 Å². The minimum absolute atomic E-state index is 0.236. The van der Waals surface area contributed by atoms with Gasteiger partial charge in [-0.1, -0.05) is 32.0 Å². The van der Waals surface area contributed by atoms with Gasteiger partial charge in [-0.25, -0.2) is 8.42 Å². The van der Waals surface area contributed by atoms with Crippen molar-refractivity contribution in [2.45, 2.75) is 38.8 Å². The maximum Gasteiger partial charge on any atom is 0.251 e. The SMILES string of the molecule is CCOc1cc(C(=O)NCc2ccc(S(=O)(=O)N(CC)CC)cc2)ccc1OCc1cccnc1. The molecule has 1 heterocycles. The molecule has 0 spiro atoms. The van der Waals surface area contributed by atoms with Gasteiger partial charge >= 0.3 is 0 Å². The van der Waals surface area contributed by atoms with Crippen molar-refractivity contribution in [3.63, 3.8) is 0 Å². The van der Waals surface area contributed by atoms with Crippen LogP contribution in [0.5, 0.6) is 11.5 Å².